The third-order valence-electron chi connectivity index (χ3n) is 6.22. The topological polar surface area (TPSA) is 171 Å². The maximum atomic E-state index is 13.4. The normalized spacial score (nSPS) is 19.2. The van der Waals surface area contributed by atoms with Gasteiger partial charge >= 0.3 is 5.97 Å². The molecular weight excluding hydrogens is 460 g/mol. The Kier molecular flexibility index (Phi) is 10.8. The van der Waals surface area contributed by atoms with E-state index in [4.69, 9.17) is 5.73 Å². The van der Waals surface area contributed by atoms with Crippen LogP contribution in [0.15, 0.2) is 12.5 Å². The zero-order valence-electron chi connectivity index (χ0n) is 20.0. The number of aliphatic carboxylic acids is 1. The second kappa shape index (κ2) is 13.3. The first-order valence-electron chi connectivity index (χ1n) is 11.5. The Morgan fingerprint density at radius 1 is 1.32 bits per heavy atom. The summed E-state index contributed by atoms with van der Waals surface area (Å²) in [6.07, 6.45) is 7.05. The largest absolute Gasteiger partial charge is 0.480 e. The van der Waals surface area contributed by atoms with E-state index < -0.39 is 36.0 Å². The molecule has 6 N–H and O–H groups in total. The number of nitrogens with two attached hydrogens (primary N) is 1. The van der Waals surface area contributed by atoms with Crippen LogP contribution in [0.5, 0.6) is 0 Å². The molecule has 0 radical (unpaired) electrons. The number of hydrogen-bond donors (Lipinski definition) is 5. The number of carboxylic acid groups (broad SMARTS) is 1. The number of aromatic amines is 1. The number of amides is 3. The third-order valence-corrected chi connectivity index (χ3v) is 6.86. The second-order valence-electron chi connectivity index (χ2n) is 8.62. The molecule has 1 aliphatic rings. The SMILES string of the molecule is CCC(C)C(N)C(=O)NC(CCSC)C(=O)N1CCCC1C(=O)NC(Cc1cnc[nH]1)C(=O)O. The number of imidazole rings is 1. The maximum Gasteiger partial charge on any atom is 0.326 e. The van der Waals surface area contributed by atoms with Gasteiger partial charge in [0.05, 0.1) is 12.4 Å². The Balaban J connectivity index is 2.10. The average Bonchev–Trinajstić information content (AvgIpc) is 3.51. The molecule has 12 heteroatoms. The number of H-pyrrole nitrogens is 1. The highest BCUT2D eigenvalue weighted by molar-refractivity contribution is 7.98. The van der Waals surface area contributed by atoms with Crippen molar-refractivity contribution in [3.05, 3.63) is 18.2 Å². The van der Waals surface area contributed by atoms with Crippen LogP contribution >= 0.6 is 11.8 Å². The fourth-order valence-corrected chi connectivity index (χ4v) is 4.33. The summed E-state index contributed by atoms with van der Waals surface area (Å²) >= 11 is 1.55. The Labute approximate surface area is 204 Å². The molecule has 3 amide bonds. The third kappa shape index (κ3) is 7.45. The lowest BCUT2D eigenvalue weighted by molar-refractivity contribution is -0.145. The first kappa shape index (κ1) is 27.6. The lowest BCUT2D eigenvalue weighted by Crippen LogP contribution is -2.57. The van der Waals surface area contributed by atoms with E-state index in [0.29, 0.717) is 37.3 Å². The van der Waals surface area contributed by atoms with Crippen molar-refractivity contribution in [3.8, 4) is 0 Å². The molecule has 0 aliphatic carbocycles. The van der Waals surface area contributed by atoms with E-state index in [1.165, 1.54) is 17.4 Å². The Hall–Kier alpha value is -2.60. The lowest BCUT2D eigenvalue weighted by atomic mass is 9.99. The second-order valence-corrected chi connectivity index (χ2v) is 9.61. The number of nitrogens with zero attached hydrogens (tertiary/aromatic N) is 2. The van der Waals surface area contributed by atoms with Crippen LogP contribution in [0.2, 0.25) is 0 Å². The zero-order valence-corrected chi connectivity index (χ0v) is 20.8. The number of carbonyl (C=O) groups excluding carboxylic acids is 3. The van der Waals surface area contributed by atoms with Gasteiger partial charge in [0.2, 0.25) is 17.7 Å². The number of carbonyl (C=O) groups is 4. The van der Waals surface area contributed by atoms with Crippen molar-refractivity contribution in [2.24, 2.45) is 11.7 Å². The van der Waals surface area contributed by atoms with Gasteiger partial charge in [-0.05, 0) is 37.2 Å². The smallest absolute Gasteiger partial charge is 0.326 e. The molecular formula is C22H36N6O5S. The van der Waals surface area contributed by atoms with Crippen LogP contribution in [-0.2, 0) is 25.6 Å². The molecule has 34 heavy (non-hydrogen) atoms. The molecule has 1 saturated heterocycles. The van der Waals surface area contributed by atoms with E-state index >= 15 is 0 Å². The van der Waals surface area contributed by atoms with Gasteiger partial charge in [-0.1, -0.05) is 20.3 Å². The van der Waals surface area contributed by atoms with Crippen molar-refractivity contribution in [1.29, 1.82) is 0 Å². The number of rotatable bonds is 13. The van der Waals surface area contributed by atoms with E-state index in [-0.39, 0.29) is 24.2 Å². The van der Waals surface area contributed by atoms with Crippen molar-refractivity contribution in [1.82, 2.24) is 25.5 Å². The average molecular weight is 497 g/mol. The summed E-state index contributed by atoms with van der Waals surface area (Å²) in [5.74, 6) is -1.83. The molecule has 190 valence electrons. The summed E-state index contributed by atoms with van der Waals surface area (Å²) in [4.78, 5) is 58.9. The van der Waals surface area contributed by atoms with Gasteiger partial charge in [0.25, 0.3) is 0 Å². The van der Waals surface area contributed by atoms with E-state index in [9.17, 15) is 24.3 Å². The monoisotopic (exact) mass is 496 g/mol. The minimum atomic E-state index is -1.18. The van der Waals surface area contributed by atoms with Crippen molar-refractivity contribution < 1.29 is 24.3 Å². The fraction of sp³-hybridized carbons (Fsp3) is 0.682. The highest BCUT2D eigenvalue weighted by atomic mass is 32.2. The summed E-state index contributed by atoms with van der Waals surface area (Å²) in [7, 11) is 0. The zero-order chi connectivity index (χ0) is 25.3. The highest BCUT2D eigenvalue weighted by Crippen LogP contribution is 2.20. The highest BCUT2D eigenvalue weighted by Gasteiger charge is 2.39. The molecule has 5 unspecified atom stereocenters. The number of aromatic nitrogens is 2. The maximum absolute atomic E-state index is 13.4. The van der Waals surface area contributed by atoms with E-state index in [2.05, 4.69) is 20.6 Å². The molecule has 1 aliphatic heterocycles. The van der Waals surface area contributed by atoms with E-state index in [0.717, 1.165) is 6.42 Å². The molecule has 2 rings (SSSR count). The van der Waals surface area contributed by atoms with Crippen LogP contribution in [0.4, 0.5) is 0 Å². The Morgan fingerprint density at radius 2 is 2.06 bits per heavy atom. The van der Waals surface area contributed by atoms with Crippen molar-refractivity contribution in [2.45, 2.75) is 70.1 Å². The van der Waals surface area contributed by atoms with Crippen LogP contribution < -0.4 is 16.4 Å². The van der Waals surface area contributed by atoms with Crippen LogP contribution in [0, 0.1) is 5.92 Å². The summed E-state index contributed by atoms with van der Waals surface area (Å²) in [6, 6.07) is -3.49. The molecule has 5 atom stereocenters. The molecule has 1 aromatic heterocycles. The molecule has 0 aromatic carbocycles. The van der Waals surface area contributed by atoms with E-state index in [1.54, 1.807) is 11.8 Å². The minimum Gasteiger partial charge on any atom is -0.480 e. The van der Waals surface area contributed by atoms with Crippen LogP contribution in [0.3, 0.4) is 0 Å². The summed E-state index contributed by atoms with van der Waals surface area (Å²) in [6.45, 7) is 4.18. The first-order chi connectivity index (χ1) is 16.2. The van der Waals surface area contributed by atoms with Crippen LogP contribution in [0.25, 0.3) is 0 Å². The molecule has 11 nitrogen and oxygen atoms in total. The number of thioether (sulfide) groups is 1. The predicted octanol–water partition coefficient (Wildman–Crippen LogP) is 0.124. The van der Waals surface area contributed by atoms with Crippen LogP contribution in [-0.4, -0.2) is 86.4 Å². The molecule has 0 spiro atoms. The van der Waals surface area contributed by atoms with Crippen molar-refractivity contribution in [3.63, 3.8) is 0 Å². The van der Waals surface area contributed by atoms with Gasteiger partial charge in [0, 0.05) is 24.9 Å². The first-order valence-corrected chi connectivity index (χ1v) is 12.9. The van der Waals surface area contributed by atoms with Gasteiger partial charge in [-0.2, -0.15) is 11.8 Å². The summed E-state index contributed by atoms with van der Waals surface area (Å²) in [5.41, 5.74) is 6.62. The van der Waals surface area contributed by atoms with E-state index in [1.807, 2.05) is 20.1 Å². The van der Waals surface area contributed by atoms with Crippen molar-refractivity contribution in [2.75, 3.05) is 18.6 Å². The van der Waals surface area contributed by atoms with Gasteiger partial charge in [-0.3, -0.25) is 14.4 Å². The van der Waals surface area contributed by atoms with Gasteiger partial charge in [-0.25, -0.2) is 9.78 Å². The Morgan fingerprint density at radius 3 is 2.65 bits per heavy atom. The summed E-state index contributed by atoms with van der Waals surface area (Å²) < 4.78 is 0. The number of nitrogens with one attached hydrogen (secondary N) is 3. The number of hydrogen-bond acceptors (Lipinski definition) is 7. The number of carboxylic acids is 1. The Bertz CT molecular complexity index is 836. The molecule has 0 bridgehead atoms. The lowest BCUT2D eigenvalue weighted by Gasteiger charge is -2.30. The molecule has 2 heterocycles. The summed E-state index contributed by atoms with van der Waals surface area (Å²) in [5, 5.41) is 14.9. The predicted molar refractivity (Wildman–Crippen MR) is 129 cm³/mol. The quantitative estimate of drug-likeness (QED) is 0.256. The van der Waals surface area contributed by atoms with Gasteiger partial charge < -0.3 is 31.4 Å². The van der Waals surface area contributed by atoms with Gasteiger partial charge in [0.15, 0.2) is 0 Å². The van der Waals surface area contributed by atoms with Crippen LogP contribution in [0.1, 0.15) is 45.2 Å². The minimum absolute atomic E-state index is 0.0376. The fourth-order valence-electron chi connectivity index (χ4n) is 3.86. The van der Waals surface area contributed by atoms with Gasteiger partial charge in [0.1, 0.15) is 18.1 Å². The van der Waals surface area contributed by atoms with Gasteiger partial charge in [-0.15, -0.1) is 0 Å². The standard InChI is InChI=1S/C22H36N6O5S/c1-4-13(2)18(23)20(30)26-15(7-9-34-3)21(31)28-8-5-6-17(28)19(29)27-16(22(32)33)10-14-11-24-12-25-14/h11-13,15-18H,4-10,23H2,1-3H3,(H,24,25)(H,26,30)(H,27,29)(H,32,33). The molecule has 0 saturated carbocycles. The number of likely N-dealkylation sites (tertiary alicyclic amines) is 1. The molecule has 1 aromatic rings. The van der Waals surface area contributed by atoms with Crippen molar-refractivity contribution >= 4 is 35.5 Å². The molecule has 1 fully saturated rings.